The number of carbonyl (C=O) groups is 2. The molecule has 0 radical (unpaired) electrons. The molecule has 6 nitrogen and oxygen atoms in total. The molecule has 0 aromatic heterocycles. The molecule has 0 spiro atoms. The zero-order chi connectivity index (χ0) is 14.8. The van der Waals surface area contributed by atoms with Crippen molar-refractivity contribution in [3.8, 4) is 5.75 Å². The molecule has 2 heterocycles. The molecule has 21 heavy (non-hydrogen) atoms. The normalized spacial score (nSPS) is 27.5. The Morgan fingerprint density at radius 3 is 2.67 bits per heavy atom. The molecule has 2 N–H and O–H groups in total. The number of fused-ring (bicyclic) bond motifs is 1. The van der Waals surface area contributed by atoms with Gasteiger partial charge in [0.05, 0.1) is 12.6 Å². The van der Waals surface area contributed by atoms with E-state index in [1.165, 1.54) is 0 Å². The lowest BCUT2D eigenvalue weighted by molar-refractivity contribution is -0.152. The smallest absolute Gasteiger partial charge is 0.332 e. The van der Waals surface area contributed by atoms with E-state index in [1.807, 2.05) is 24.3 Å². The number of benzene rings is 1. The number of carbonyl (C=O) groups excluding carboxylic acids is 1. The highest BCUT2D eigenvalue weighted by molar-refractivity contribution is 5.83. The number of nitrogens with one attached hydrogen (secondary N) is 1. The Balaban J connectivity index is 1.65. The summed E-state index contributed by atoms with van der Waals surface area (Å²) < 4.78 is 10.8. The maximum absolute atomic E-state index is 12.2. The summed E-state index contributed by atoms with van der Waals surface area (Å²) >= 11 is 0. The standard InChI is InChI=1S/C15H17NO5/c17-14(12-5-6-13(21-12)15(18)19)16-10-7-8-20-11-4-2-1-3-9(10)11/h1-4,10,12-13H,5-8H2,(H,16,17)(H,18,19). The Morgan fingerprint density at radius 2 is 1.90 bits per heavy atom. The molecule has 3 rings (SSSR count). The van der Waals surface area contributed by atoms with Gasteiger partial charge in [-0.3, -0.25) is 4.79 Å². The average Bonchev–Trinajstić information content (AvgIpc) is 2.98. The fourth-order valence-corrected chi connectivity index (χ4v) is 2.77. The number of hydrogen-bond acceptors (Lipinski definition) is 4. The Kier molecular flexibility index (Phi) is 3.79. The lowest BCUT2D eigenvalue weighted by Crippen LogP contribution is -2.39. The first-order valence-corrected chi connectivity index (χ1v) is 7.05. The van der Waals surface area contributed by atoms with Crippen molar-refractivity contribution in [1.29, 1.82) is 0 Å². The van der Waals surface area contributed by atoms with E-state index in [0.29, 0.717) is 25.9 Å². The molecule has 6 heteroatoms. The second-order valence-electron chi connectivity index (χ2n) is 5.27. The maximum atomic E-state index is 12.2. The Labute approximate surface area is 122 Å². The van der Waals surface area contributed by atoms with Gasteiger partial charge < -0.3 is 19.9 Å². The quantitative estimate of drug-likeness (QED) is 0.875. The van der Waals surface area contributed by atoms with Crippen LogP contribution < -0.4 is 10.1 Å². The highest BCUT2D eigenvalue weighted by Crippen LogP contribution is 2.32. The molecule has 1 aromatic carbocycles. The van der Waals surface area contributed by atoms with Crippen LogP contribution in [0.1, 0.15) is 30.9 Å². The summed E-state index contributed by atoms with van der Waals surface area (Å²) in [6.07, 6.45) is -0.0487. The maximum Gasteiger partial charge on any atom is 0.332 e. The fourth-order valence-electron chi connectivity index (χ4n) is 2.77. The van der Waals surface area contributed by atoms with E-state index in [9.17, 15) is 9.59 Å². The minimum atomic E-state index is -1.01. The summed E-state index contributed by atoms with van der Waals surface area (Å²) in [6.45, 7) is 0.547. The van der Waals surface area contributed by atoms with E-state index in [2.05, 4.69) is 5.32 Å². The molecule has 3 atom stereocenters. The minimum absolute atomic E-state index is 0.116. The molecule has 2 aliphatic rings. The van der Waals surface area contributed by atoms with Crippen LogP contribution in [0.4, 0.5) is 0 Å². The monoisotopic (exact) mass is 291 g/mol. The van der Waals surface area contributed by atoms with Crippen molar-refractivity contribution in [2.45, 2.75) is 37.5 Å². The largest absolute Gasteiger partial charge is 0.493 e. The van der Waals surface area contributed by atoms with Crippen molar-refractivity contribution >= 4 is 11.9 Å². The second kappa shape index (κ2) is 5.73. The first kappa shape index (κ1) is 13.9. The average molecular weight is 291 g/mol. The predicted molar refractivity (Wildman–Crippen MR) is 73.0 cm³/mol. The van der Waals surface area contributed by atoms with Crippen LogP contribution in [-0.2, 0) is 14.3 Å². The number of rotatable bonds is 3. The number of ether oxygens (including phenoxy) is 2. The molecule has 0 bridgehead atoms. The number of carboxylic acid groups (broad SMARTS) is 1. The molecule has 112 valence electrons. The molecular formula is C15H17NO5. The van der Waals surface area contributed by atoms with Gasteiger partial charge in [-0.2, -0.15) is 0 Å². The van der Waals surface area contributed by atoms with Crippen LogP contribution in [0.15, 0.2) is 24.3 Å². The van der Waals surface area contributed by atoms with Gasteiger partial charge in [-0.1, -0.05) is 18.2 Å². The molecule has 1 amide bonds. The van der Waals surface area contributed by atoms with Crippen LogP contribution in [0, 0.1) is 0 Å². The summed E-state index contributed by atoms with van der Waals surface area (Å²) in [7, 11) is 0. The fraction of sp³-hybridized carbons (Fsp3) is 0.467. The summed E-state index contributed by atoms with van der Waals surface area (Å²) in [5, 5.41) is 11.8. The van der Waals surface area contributed by atoms with Gasteiger partial charge in [0.2, 0.25) is 5.91 Å². The number of para-hydroxylation sites is 1. The van der Waals surface area contributed by atoms with Gasteiger partial charge in [0.15, 0.2) is 6.10 Å². The Morgan fingerprint density at radius 1 is 1.14 bits per heavy atom. The first-order valence-electron chi connectivity index (χ1n) is 7.05. The van der Waals surface area contributed by atoms with Crippen molar-refractivity contribution in [2.75, 3.05) is 6.61 Å². The molecule has 1 fully saturated rings. The van der Waals surface area contributed by atoms with E-state index in [4.69, 9.17) is 14.6 Å². The summed E-state index contributed by atoms with van der Waals surface area (Å²) in [6, 6.07) is 7.48. The van der Waals surface area contributed by atoms with Gasteiger partial charge in [-0.05, 0) is 18.9 Å². The third-order valence-corrected chi connectivity index (χ3v) is 3.86. The number of hydrogen-bond donors (Lipinski definition) is 2. The molecule has 1 aromatic rings. The molecular weight excluding hydrogens is 274 g/mol. The Bertz CT molecular complexity index is 559. The topological polar surface area (TPSA) is 84.9 Å². The van der Waals surface area contributed by atoms with Gasteiger partial charge in [0.25, 0.3) is 0 Å². The minimum Gasteiger partial charge on any atom is -0.493 e. The van der Waals surface area contributed by atoms with Crippen molar-refractivity contribution in [2.24, 2.45) is 0 Å². The molecule has 0 aliphatic carbocycles. The molecule has 0 saturated carbocycles. The summed E-state index contributed by atoms with van der Waals surface area (Å²) in [4.78, 5) is 23.1. The summed E-state index contributed by atoms with van der Waals surface area (Å²) in [5.74, 6) is -0.480. The van der Waals surface area contributed by atoms with Gasteiger partial charge in [0, 0.05) is 12.0 Å². The highest BCUT2D eigenvalue weighted by atomic mass is 16.5. The Hall–Kier alpha value is -2.08. The second-order valence-corrected chi connectivity index (χ2v) is 5.27. The number of carboxylic acids is 1. The van der Waals surface area contributed by atoms with Gasteiger partial charge >= 0.3 is 5.97 Å². The van der Waals surface area contributed by atoms with Crippen molar-refractivity contribution in [3.63, 3.8) is 0 Å². The van der Waals surface area contributed by atoms with Gasteiger partial charge in [0.1, 0.15) is 11.9 Å². The number of amides is 1. The van der Waals surface area contributed by atoms with Gasteiger partial charge in [-0.25, -0.2) is 4.79 Å². The van der Waals surface area contributed by atoms with Crippen LogP contribution in [0.5, 0.6) is 5.75 Å². The van der Waals surface area contributed by atoms with Crippen molar-refractivity contribution in [1.82, 2.24) is 5.32 Å². The third kappa shape index (κ3) is 2.85. The van der Waals surface area contributed by atoms with Crippen LogP contribution in [0.2, 0.25) is 0 Å². The SMILES string of the molecule is O=C(O)C1CCC(C(=O)NC2CCOc3ccccc32)O1. The molecule has 2 aliphatic heterocycles. The number of aliphatic carboxylic acids is 1. The van der Waals surface area contributed by atoms with E-state index in [0.717, 1.165) is 11.3 Å². The predicted octanol–water partition coefficient (Wildman–Crippen LogP) is 1.26. The van der Waals surface area contributed by atoms with Crippen LogP contribution >= 0.6 is 0 Å². The zero-order valence-corrected chi connectivity index (χ0v) is 11.5. The lowest BCUT2D eigenvalue weighted by Gasteiger charge is -2.27. The first-order chi connectivity index (χ1) is 10.1. The zero-order valence-electron chi connectivity index (χ0n) is 11.5. The summed E-state index contributed by atoms with van der Waals surface area (Å²) in [5.41, 5.74) is 0.949. The van der Waals surface area contributed by atoms with E-state index in [-0.39, 0.29) is 11.9 Å². The highest BCUT2D eigenvalue weighted by Gasteiger charge is 2.36. The molecule has 1 saturated heterocycles. The van der Waals surface area contributed by atoms with Crippen molar-refractivity contribution in [3.05, 3.63) is 29.8 Å². The molecule has 3 unspecified atom stereocenters. The van der Waals surface area contributed by atoms with E-state index < -0.39 is 18.2 Å². The van der Waals surface area contributed by atoms with Gasteiger partial charge in [-0.15, -0.1) is 0 Å². The van der Waals surface area contributed by atoms with Crippen LogP contribution in [0.25, 0.3) is 0 Å². The van der Waals surface area contributed by atoms with E-state index >= 15 is 0 Å². The van der Waals surface area contributed by atoms with Crippen molar-refractivity contribution < 1.29 is 24.2 Å². The third-order valence-electron chi connectivity index (χ3n) is 3.86. The van der Waals surface area contributed by atoms with E-state index in [1.54, 1.807) is 0 Å². The lowest BCUT2D eigenvalue weighted by atomic mass is 10.00. The van der Waals surface area contributed by atoms with Crippen LogP contribution in [-0.4, -0.2) is 35.8 Å². The van der Waals surface area contributed by atoms with Crippen LogP contribution in [0.3, 0.4) is 0 Å².